The van der Waals surface area contributed by atoms with Gasteiger partial charge in [0.15, 0.2) is 5.43 Å². The van der Waals surface area contributed by atoms with E-state index in [4.69, 9.17) is 0 Å². The van der Waals surface area contributed by atoms with Crippen molar-refractivity contribution in [1.29, 1.82) is 0 Å². The maximum absolute atomic E-state index is 13.5. The highest BCUT2D eigenvalue weighted by Crippen LogP contribution is 2.30. The van der Waals surface area contributed by atoms with Crippen LogP contribution in [0.1, 0.15) is 37.5 Å². The van der Waals surface area contributed by atoms with Gasteiger partial charge in [0.1, 0.15) is 5.82 Å². The summed E-state index contributed by atoms with van der Waals surface area (Å²) in [6, 6.07) is 10.5. The van der Waals surface area contributed by atoms with Crippen molar-refractivity contribution in [2.24, 2.45) is 0 Å². The molecule has 0 bridgehead atoms. The molecule has 1 heterocycles. The first kappa shape index (κ1) is 16.4. The van der Waals surface area contributed by atoms with Crippen LogP contribution in [-0.2, 0) is 5.41 Å². The van der Waals surface area contributed by atoms with E-state index in [1.54, 1.807) is 0 Å². The molecule has 0 aliphatic heterocycles. The minimum atomic E-state index is -0.354. The second-order valence-electron chi connectivity index (χ2n) is 7.42. The summed E-state index contributed by atoms with van der Waals surface area (Å²) >= 11 is 0. The summed E-state index contributed by atoms with van der Waals surface area (Å²) in [5.41, 5.74) is 5.27. The Morgan fingerprint density at radius 3 is 2.33 bits per heavy atom. The van der Waals surface area contributed by atoms with Crippen LogP contribution >= 0.6 is 0 Å². The molecule has 0 amide bonds. The molecule has 3 aromatic rings. The predicted molar refractivity (Wildman–Crippen MR) is 98.1 cm³/mol. The number of halogens is 1. The van der Waals surface area contributed by atoms with Gasteiger partial charge in [-0.3, -0.25) is 4.79 Å². The molecule has 0 aliphatic rings. The van der Waals surface area contributed by atoms with Gasteiger partial charge in [0.2, 0.25) is 0 Å². The molecule has 1 aromatic heterocycles. The summed E-state index contributed by atoms with van der Waals surface area (Å²) in [5, 5.41) is 0.515. The number of hydrogen-bond donors (Lipinski definition) is 1. The first-order chi connectivity index (χ1) is 11.2. The highest BCUT2D eigenvalue weighted by atomic mass is 19.1. The molecule has 124 valence electrons. The molecule has 24 heavy (non-hydrogen) atoms. The van der Waals surface area contributed by atoms with E-state index in [2.05, 4.69) is 37.9 Å². The lowest BCUT2D eigenvalue weighted by Gasteiger charge is -2.21. The standard InChI is InChI=1S/C21H22FNO/c1-12-10-14(21(3,4)5)6-8-16(12)19-13(2)20(24)17-9-7-15(22)11-18(17)23-19/h6-11H,1-5H3,(H,23,24). The number of hydrogen-bond acceptors (Lipinski definition) is 1. The van der Waals surface area contributed by atoms with Crippen LogP contribution in [0.25, 0.3) is 22.2 Å². The number of pyridine rings is 1. The summed E-state index contributed by atoms with van der Waals surface area (Å²) in [5.74, 6) is -0.354. The van der Waals surface area contributed by atoms with E-state index in [1.807, 2.05) is 19.9 Å². The molecule has 2 aromatic carbocycles. The summed E-state index contributed by atoms with van der Waals surface area (Å²) in [6.45, 7) is 10.4. The molecule has 1 N–H and O–H groups in total. The SMILES string of the molecule is Cc1cc(C(C)(C)C)ccc1-c1[nH]c2cc(F)ccc2c(=O)c1C. The van der Waals surface area contributed by atoms with E-state index in [9.17, 15) is 9.18 Å². The highest BCUT2D eigenvalue weighted by Gasteiger charge is 2.17. The number of benzene rings is 2. The Morgan fingerprint density at radius 2 is 1.71 bits per heavy atom. The van der Waals surface area contributed by atoms with Crippen LogP contribution < -0.4 is 5.43 Å². The molecular formula is C21H22FNO. The van der Waals surface area contributed by atoms with Crippen LogP contribution in [-0.4, -0.2) is 4.98 Å². The van der Waals surface area contributed by atoms with Crippen LogP contribution in [0.3, 0.4) is 0 Å². The zero-order valence-corrected chi connectivity index (χ0v) is 14.8. The van der Waals surface area contributed by atoms with E-state index in [0.29, 0.717) is 16.5 Å². The molecule has 0 aliphatic carbocycles. The predicted octanol–water partition coefficient (Wildman–Crippen LogP) is 5.25. The van der Waals surface area contributed by atoms with Gasteiger partial charge in [-0.25, -0.2) is 4.39 Å². The number of H-pyrrole nitrogens is 1. The molecule has 0 spiro atoms. The fraction of sp³-hybridized carbons (Fsp3) is 0.286. The van der Waals surface area contributed by atoms with Crippen molar-refractivity contribution in [2.45, 2.75) is 40.0 Å². The minimum absolute atomic E-state index is 0.0574. The topological polar surface area (TPSA) is 32.9 Å². The van der Waals surface area contributed by atoms with E-state index in [0.717, 1.165) is 16.8 Å². The van der Waals surface area contributed by atoms with Gasteiger partial charge in [-0.05, 0) is 48.6 Å². The number of fused-ring (bicyclic) bond motifs is 1. The summed E-state index contributed by atoms with van der Waals surface area (Å²) in [7, 11) is 0. The lowest BCUT2D eigenvalue weighted by Crippen LogP contribution is -2.12. The van der Waals surface area contributed by atoms with Crippen molar-refractivity contribution in [3.63, 3.8) is 0 Å². The second-order valence-corrected chi connectivity index (χ2v) is 7.42. The Labute approximate surface area is 141 Å². The molecule has 3 heteroatoms. The summed E-state index contributed by atoms with van der Waals surface area (Å²) in [4.78, 5) is 15.9. The monoisotopic (exact) mass is 323 g/mol. The molecular weight excluding hydrogens is 301 g/mol. The Morgan fingerprint density at radius 1 is 1.00 bits per heavy atom. The van der Waals surface area contributed by atoms with Gasteiger partial charge in [0.05, 0.1) is 11.2 Å². The maximum Gasteiger partial charge on any atom is 0.192 e. The summed E-state index contributed by atoms with van der Waals surface area (Å²) in [6.07, 6.45) is 0. The first-order valence-electron chi connectivity index (χ1n) is 8.12. The molecule has 3 rings (SSSR count). The Balaban J connectivity index is 2.27. The van der Waals surface area contributed by atoms with Crippen LogP contribution in [0.4, 0.5) is 4.39 Å². The molecule has 2 nitrogen and oxygen atoms in total. The van der Waals surface area contributed by atoms with Crippen molar-refractivity contribution < 1.29 is 4.39 Å². The van der Waals surface area contributed by atoms with E-state index in [1.165, 1.54) is 23.8 Å². The van der Waals surface area contributed by atoms with E-state index < -0.39 is 0 Å². The van der Waals surface area contributed by atoms with Gasteiger partial charge in [-0.15, -0.1) is 0 Å². The van der Waals surface area contributed by atoms with Crippen LogP contribution in [0.5, 0.6) is 0 Å². The van der Waals surface area contributed by atoms with Crippen LogP contribution in [0.15, 0.2) is 41.2 Å². The fourth-order valence-corrected chi connectivity index (χ4v) is 3.04. The van der Waals surface area contributed by atoms with E-state index in [-0.39, 0.29) is 16.7 Å². The Bertz CT molecular complexity index is 993. The number of aromatic amines is 1. The van der Waals surface area contributed by atoms with Crippen LogP contribution in [0, 0.1) is 19.7 Å². The van der Waals surface area contributed by atoms with Crippen LogP contribution in [0.2, 0.25) is 0 Å². The van der Waals surface area contributed by atoms with Crippen molar-refractivity contribution in [1.82, 2.24) is 4.98 Å². The Kier molecular flexibility index (Phi) is 3.83. The molecule has 0 unspecified atom stereocenters. The average Bonchev–Trinajstić information content (AvgIpc) is 2.50. The van der Waals surface area contributed by atoms with Gasteiger partial charge < -0.3 is 4.98 Å². The van der Waals surface area contributed by atoms with Gasteiger partial charge >= 0.3 is 0 Å². The Hall–Kier alpha value is -2.42. The number of rotatable bonds is 1. The smallest absolute Gasteiger partial charge is 0.192 e. The summed E-state index contributed by atoms with van der Waals surface area (Å²) < 4.78 is 13.5. The quantitative estimate of drug-likeness (QED) is 0.652. The number of nitrogens with one attached hydrogen (secondary N) is 1. The van der Waals surface area contributed by atoms with Gasteiger partial charge in [0.25, 0.3) is 0 Å². The second kappa shape index (κ2) is 5.59. The normalized spacial score (nSPS) is 11.9. The largest absolute Gasteiger partial charge is 0.354 e. The van der Waals surface area contributed by atoms with Crippen molar-refractivity contribution in [3.8, 4) is 11.3 Å². The molecule has 0 saturated carbocycles. The zero-order chi connectivity index (χ0) is 17.6. The molecule has 0 atom stereocenters. The molecule has 0 saturated heterocycles. The minimum Gasteiger partial charge on any atom is -0.354 e. The van der Waals surface area contributed by atoms with Gasteiger partial charge in [-0.2, -0.15) is 0 Å². The van der Waals surface area contributed by atoms with Crippen molar-refractivity contribution >= 4 is 10.9 Å². The molecule has 0 fully saturated rings. The number of aryl methyl sites for hydroxylation is 1. The third kappa shape index (κ3) is 2.75. The third-order valence-corrected chi connectivity index (χ3v) is 4.56. The molecule has 0 radical (unpaired) electrons. The average molecular weight is 323 g/mol. The third-order valence-electron chi connectivity index (χ3n) is 4.56. The lowest BCUT2D eigenvalue weighted by molar-refractivity contribution is 0.590. The van der Waals surface area contributed by atoms with Gasteiger partial charge in [0, 0.05) is 16.5 Å². The fourth-order valence-electron chi connectivity index (χ4n) is 3.04. The van der Waals surface area contributed by atoms with Crippen molar-refractivity contribution in [2.75, 3.05) is 0 Å². The highest BCUT2D eigenvalue weighted by molar-refractivity contribution is 5.83. The van der Waals surface area contributed by atoms with Gasteiger partial charge in [-0.1, -0.05) is 39.0 Å². The zero-order valence-electron chi connectivity index (χ0n) is 14.8. The lowest BCUT2D eigenvalue weighted by atomic mass is 9.85. The first-order valence-corrected chi connectivity index (χ1v) is 8.12. The maximum atomic E-state index is 13.5. The van der Waals surface area contributed by atoms with E-state index >= 15 is 0 Å². The van der Waals surface area contributed by atoms with Crippen molar-refractivity contribution in [3.05, 3.63) is 69.1 Å². The number of aromatic nitrogens is 1.